The Labute approximate surface area is 112 Å². The van der Waals surface area contributed by atoms with Gasteiger partial charge in [-0.05, 0) is 12.8 Å². The summed E-state index contributed by atoms with van der Waals surface area (Å²) in [6, 6.07) is 0. The number of nitrogens with two attached hydrogens (primary N) is 1. The van der Waals surface area contributed by atoms with E-state index in [9.17, 15) is 13.8 Å². The van der Waals surface area contributed by atoms with E-state index in [1.807, 2.05) is 0 Å². The van der Waals surface area contributed by atoms with Crippen LogP contribution in [0.25, 0.3) is 0 Å². The van der Waals surface area contributed by atoms with Gasteiger partial charge < -0.3 is 20.3 Å². The van der Waals surface area contributed by atoms with E-state index in [2.05, 4.69) is 9.51 Å². The van der Waals surface area contributed by atoms with Crippen molar-refractivity contribution in [2.24, 2.45) is 0 Å². The number of nitrogen functional groups attached to an aromatic ring is 1. The molecule has 1 aliphatic rings. The molecule has 2 rings (SSSR count). The number of phosphoric ester groups is 1. The topological polar surface area (TPSA) is 137 Å². The summed E-state index contributed by atoms with van der Waals surface area (Å²) in [6.07, 6.45) is 0.292. The summed E-state index contributed by atoms with van der Waals surface area (Å²) in [5.41, 5.74) is 4.41. The Balaban J connectivity index is 2.05. The second kappa shape index (κ2) is 5.58. The molecule has 0 bridgehead atoms. The molecule has 0 amide bonds. The minimum Gasteiger partial charge on any atom is -0.381 e. The van der Waals surface area contributed by atoms with E-state index in [0.717, 1.165) is 10.8 Å². The van der Waals surface area contributed by atoms with E-state index in [0.29, 0.717) is 12.8 Å². The van der Waals surface area contributed by atoms with Crippen molar-refractivity contribution in [3.63, 3.8) is 0 Å². The lowest BCUT2D eigenvalue weighted by Gasteiger charge is -2.16. The van der Waals surface area contributed by atoms with Gasteiger partial charge >= 0.3 is 13.5 Å². The number of phosphoric acid groups is 1. The van der Waals surface area contributed by atoms with Crippen LogP contribution in [0.3, 0.4) is 0 Å². The van der Waals surface area contributed by atoms with E-state index in [4.69, 9.17) is 20.3 Å². The van der Waals surface area contributed by atoms with Gasteiger partial charge in [-0.2, -0.15) is 4.98 Å². The molecule has 1 aliphatic heterocycles. The van der Waals surface area contributed by atoms with E-state index in [-0.39, 0.29) is 6.61 Å². The predicted octanol–water partition coefficient (Wildman–Crippen LogP) is -0.249. The second-order valence-electron chi connectivity index (χ2n) is 4.24. The van der Waals surface area contributed by atoms with Gasteiger partial charge in [0.25, 0.3) is 0 Å². The fourth-order valence-corrected chi connectivity index (χ4v) is 2.22. The van der Waals surface area contributed by atoms with Crippen molar-refractivity contribution in [3.8, 4) is 0 Å². The highest BCUT2D eigenvalue weighted by molar-refractivity contribution is 7.46. The number of halogens is 1. The van der Waals surface area contributed by atoms with Gasteiger partial charge in [0.15, 0.2) is 11.6 Å². The van der Waals surface area contributed by atoms with Crippen LogP contribution in [0.1, 0.15) is 19.1 Å². The number of hydrogen-bond acceptors (Lipinski definition) is 6. The molecule has 0 saturated carbocycles. The number of aromatic nitrogens is 2. The fraction of sp³-hybridized carbons (Fsp3) is 0.556. The van der Waals surface area contributed by atoms with Gasteiger partial charge in [0.2, 0.25) is 0 Å². The molecule has 1 saturated heterocycles. The Hall–Kier alpha value is -1.32. The lowest BCUT2D eigenvalue weighted by atomic mass is 10.2. The molecule has 2 atom stereocenters. The molecule has 112 valence electrons. The van der Waals surface area contributed by atoms with E-state index in [1.54, 1.807) is 0 Å². The van der Waals surface area contributed by atoms with E-state index in [1.165, 1.54) is 0 Å². The van der Waals surface area contributed by atoms with Crippen LogP contribution in [-0.2, 0) is 13.8 Å². The monoisotopic (exact) mass is 309 g/mol. The molecule has 0 spiro atoms. The van der Waals surface area contributed by atoms with Crippen molar-refractivity contribution in [3.05, 3.63) is 22.5 Å². The Bertz CT molecular complexity index is 602. The summed E-state index contributed by atoms with van der Waals surface area (Å²) in [5, 5.41) is 0. The van der Waals surface area contributed by atoms with Gasteiger partial charge in [0, 0.05) is 0 Å². The fourth-order valence-electron chi connectivity index (χ4n) is 1.86. The van der Waals surface area contributed by atoms with Crippen LogP contribution in [-0.4, -0.2) is 32.0 Å². The number of ether oxygens (including phenoxy) is 1. The first kappa shape index (κ1) is 15.1. The highest BCUT2D eigenvalue weighted by Crippen LogP contribution is 2.37. The standard InChI is InChI=1S/C9H13FN3O6P/c10-6-3-13(9(14)12-8(6)11)7-2-1-5(19-7)4-18-20(15,16)17/h3,5,7H,1-2,4H2,(H2,11,12,14)(H2,15,16,17)/t5-,7+/m0/s1. The first-order valence-electron chi connectivity index (χ1n) is 5.66. The van der Waals surface area contributed by atoms with Crippen molar-refractivity contribution < 1.29 is 28.0 Å². The third kappa shape index (κ3) is 3.62. The molecule has 1 fully saturated rings. The summed E-state index contributed by atoms with van der Waals surface area (Å²) >= 11 is 0. The van der Waals surface area contributed by atoms with Crippen molar-refractivity contribution in [2.75, 3.05) is 12.3 Å². The van der Waals surface area contributed by atoms with Crippen LogP contribution in [0.5, 0.6) is 0 Å². The maximum atomic E-state index is 13.3. The van der Waals surface area contributed by atoms with Crippen molar-refractivity contribution >= 4 is 13.6 Å². The van der Waals surface area contributed by atoms with Crippen molar-refractivity contribution in [2.45, 2.75) is 25.2 Å². The van der Waals surface area contributed by atoms with Crippen LogP contribution in [0.4, 0.5) is 10.2 Å². The Morgan fingerprint density at radius 1 is 1.60 bits per heavy atom. The van der Waals surface area contributed by atoms with Crippen LogP contribution in [0, 0.1) is 5.82 Å². The average Bonchev–Trinajstić information content (AvgIpc) is 2.79. The molecule has 0 unspecified atom stereocenters. The Kier molecular flexibility index (Phi) is 4.21. The lowest BCUT2D eigenvalue weighted by molar-refractivity contribution is -0.0246. The third-order valence-corrected chi connectivity index (χ3v) is 3.24. The molecule has 0 aromatic carbocycles. The minimum absolute atomic E-state index is 0.319. The predicted molar refractivity (Wildman–Crippen MR) is 64.0 cm³/mol. The molecule has 4 N–H and O–H groups in total. The number of hydrogen-bond donors (Lipinski definition) is 3. The van der Waals surface area contributed by atoms with Crippen LogP contribution in [0.2, 0.25) is 0 Å². The smallest absolute Gasteiger partial charge is 0.381 e. The van der Waals surface area contributed by atoms with Crippen molar-refractivity contribution in [1.82, 2.24) is 9.55 Å². The molecule has 9 nitrogen and oxygen atoms in total. The molecule has 20 heavy (non-hydrogen) atoms. The summed E-state index contributed by atoms with van der Waals surface area (Å²) < 4.78 is 34.5. The quantitative estimate of drug-likeness (QED) is 0.648. The van der Waals surface area contributed by atoms with Gasteiger partial charge in [0.1, 0.15) is 6.23 Å². The summed E-state index contributed by atoms with van der Waals surface area (Å²) in [4.78, 5) is 32.0. The highest BCUT2D eigenvalue weighted by Gasteiger charge is 2.30. The third-order valence-electron chi connectivity index (χ3n) is 2.76. The zero-order valence-electron chi connectivity index (χ0n) is 10.2. The molecule has 1 aromatic heterocycles. The van der Waals surface area contributed by atoms with Crippen molar-refractivity contribution in [1.29, 1.82) is 0 Å². The molecular weight excluding hydrogens is 296 g/mol. The van der Waals surface area contributed by atoms with Crippen LogP contribution in [0.15, 0.2) is 11.0 Å². The minimum atomic E-state index is -4.57. The summed E-state index contributed by atoms with van der Waals surface area (Å²) in [5.74, 6) is -1.34. The summed E-state index contributed by atoms with van der Waals surface area (Å²) in [7, 11) is -4.57. The summed E-state index contributed by atoms with van der Waals surface area (Å²) in [6.45, 7) is -0.319. The normalized spacial score (nSPS) is 23.1. The van der Waals surface area contributed by atoms with Gasteiger partial charge in [-0.15, -0.1) is 0 Å². The molecule has 0 aliphatic carbocycles. The zero-order valence-corrected chi connectivity index (χ0v) is 11.1. The highest BCUT2D eigenvalue weighted by atomic mass is 31.2. The Morgan fingerprint density at radius 2 is 2.30 bits per heavy atom. The van der Waals surface area contributed by atoms with Gasteiger partial charge in [-0.25, -0.2) is 13.8 Å². The number of nitrogens with zero attached hydrogens (tertiary/aromatic N) is 2. The van der Waals surface area contributed by atoms with Gasteiger partial charge in [-0.1, -0.05) is 0 Å². The number of anilines is 1. The maximum absolute atomic E-state index is 13.3. The molecular formula is C9H13FN3O6P. The number of rotatable bonds is 4. The van der Waals surface area contributed by atoms with Crippen LogP contribution >= 0.6 is 7.82 Å². The maximum Gasteiger partial charge on any atom is 0.469 e. The molecule has 2 heterocycles. The van der Waals surface area contributed by atoms with E-state index < -0.39 is 37.5 Å². The molecule has 1 aromatic rings. The van der Waals surface area contributed by atoms with Crippen LogP contribution < -0.4 is 11.4 Å². The Morgan fingerprint density at radius 3 is 2.95 bits per heavy atom. The SMILES string of the molecule is Nc1nc(=O)n([C@H]2CC[C@@H](COP(=O)(O)O)O2)cc1F. The largest absolute Gasteiger partial charge is 0.469 e. The first-order valence-corrected chi connectivity index (χ1v) is 7.19. The lowest BCUT2D eigenvalue weighted by Crippen LogP contribution is -2.29. The van der Waals surface area contributed by atoms with Gasteiger partial charge in [-0.3, -0.25) is 9.09 Å². The molecule has 11 heteroatoms. The molecule has 0 radical (unpaired) electrons. The zero-order chi connectivity index (χ0) is 14.9. The van der Waals surface area contributed by atoms with E-state index >= 15 is 0 Å². The average molecular weight is 309 g/mol. The second-order valence-corrected chi connectivity index (χ2v) is 5.48. The van der Waals surface area contributed by atoms with Gasteiger partial charge in [0.05, 0.1) is 18.9 Å². The first-order chi connectivity index (χ1) is 9.26.